The molecule has 0 amide bonds. The summed E-state index contributed by atoms with van der Waals surface area (Å²) in [6.07, 6.45) is 0. The van der Waals surface area contributed by atoms with Gasteiger partial charge in [-0.3, -0.25) is 0 Å². The number of nitrogens with zero attached hydrogens (tertiary/aromatic N) is 3. The maximum atomic E-state index is 9.77. The van der Waals surface area contributed by atoms with Gasteiger partial charge in [0.25, 0.3) is 0 Å². The second-order valence-electron chi connectivity index (χ2n) is 18.0. The van der Waals surface area contributed by atoms with Crippen molar-refractivity contribution in [1.82, 2.24) is 0 Å². The van der Waals surface area contributed by atoms with Crippen LogP contribution in [0, 0.1) is 22.7 Å². The van der Waals surface area contributed by atoms with Crippen LogP contribution in [-0.2, 0) is 0 Å². The van der Waals surface area contributed by atoms with Crippen molar-refractivity contribution in [2.24, 2.45) is 0 Å². The first-order chi connectivity index (χ1) is 34.1. The SMILES string of the molecule is COc1ccc(-c2c3c4cccc5c(N(c6ccc(C#N)cc6)c6ccc(C#N)cc6)ccc(c3c(-c3ccc(OC)cc3)c3c6ccc7c8cccc9cccc(c%10ccc(c23)c6c%107)c98)c54)cc1. The zero-order chi connectivity index (χ0) is 46.1. The molecule has 0 radical (unpaired) electrons. The lowest BCUT2D eigenvalue weighted by atomic mass is 9.87. The van der Waals surface area contributed by atoms with Gasteiger partial charge in [-0.2, -0.15) is 10.5 Å². The van der Waals surface area contributed by atoms with Crippen LogP contribution in [0.4, 0.5) is 17.1 Å². The van der Waals surface area contributed by atoms with E-state index >= 15 is 0 Å². The van der Waals surface area contributed by atoms with Crippen molar-refractivity contribution in [3.63, 3.8) is 0 Å². The van der Waals surface area contributed by atoms with Gasteiger partial charge in [0.05, 0.1) is 43.2 Å². The quantitative estimate of drug-likeness (QED) is 0.118. The first-order valence-corrected chi connectivity index (χ1v) is 23.1. The highest BCUT2D eigenvalue weighted by atomic mass is 16.5. The van der Waals surface area contributed by atoms with E-state index in [-0.39, 0.29) is 0 Å². The summed E-state index contributed by atoms with van der Waals surface area (Å²) in [5.74, 6) is 1.61. The van der Waals surface area contributed by atoms with Crippen molar-refractivity contribution in [2.75, 3.05) is 19.1 Å². The number of nitriles is 2. The Balaban J connectivity index is 1.19. The maximum absolute atomic E-state index is 9.77. The molecule has 0 saturated heterocycles. The van der Waals surface area contributed by atoms with Crippen molar-refractivity contribution in [1.29, 1.82) is 10.5 Å². The van der Waals surface area contributed by atoms with E-state index < -0.39 is 0 Å². The van der Waals surface area contributed by atoms with Gasteiger partial charge in [0.15, 0.2) is 0 Å². The molecule has 0 saturated carbocycles. The predicted molar refractivity (Wildman–Crippen MR) is 286 cm³/mol. The molecule has 0 fully saturated rings. The molecule has 0 aliphatic carbocycles. The van der Waals surface area contributed by atoms with Crippen molar-refractivity contribution < 1.29 is 9.47 Å². The van der Waals surface area contributed by atoms with E-state index in [9.17, 15) is 10.5 Å². The second-order valence-corrected chi connectivity index (χ2v) is 18.0. The highest BCUT2D eigenvalue weighted by Gasteiger charge is 2.30. The molecule has 0 N–H and O–H groups in total. The normalized spacial score (nSPS) is 11.9. The number of hydrogen-bond acceptors (Lipinski definition) is 5. The summed E-state index contributed by atoms with van der Waals surface area (Å²) in [6, 6.07) is 71.3. The van der Waals surface area contributed by atoms with Gasteiger partial charge in [-0.1, -0.05) is 109 Å². The minimum Gasteiger partial charge on any atom is -0.497 e. The lowest BCUT2D eigenvalue weighted by molar-refractivity contribution is 0.415. The van der Waals surface area contributed by atoms with Crippen molar-refractivity contribution >= 4 is 114 Å². The molecule has 0 bridgehead atoms. The third kappa shape index (κ3) is 5.33. The van der Waals surface area contributed by atoms with E-state index in [1.807, 2.05) is 48.5 Å². The van der Waals surface area contributed by atoms with E-state index in [4.69, 9.17) is 9.47 Å². The number of rotatable bonds is 7. The van der Waals surface area contributed by atoms with Crippen LogP contribution in [0.2, 0.25) is 0 Å². The highest BCUT2D eigenvalue weighted by Crippen LogP contribution is 2.58. The highest BCUT2D eigenvalue weighted by molar-refractivity contribution is 6.49. The standard InChI is InChI=1S/C64H37N3O2/c1-68-43-24-16-39(17-25-43)56-61-50-11-5-10-49-54(67(41-20-12-36(34-65)13-21-41)42-22-14-37(35-66)15-23-42)33-32-51(58(49)50)62(61)57(40-18-26-44(69-2)27-19-40)64-53-31-29-48-46-9-4-7-38-6-3-8-45(55(38)46)47-28-30-52(63(56)64)60(53)59(47)48/h3-33H,1-2H3. The molecule has 5 heteroatoms. The molecule has 320 valence electrons. The molecular formula is C64H37N3O2. The molecule has 0 aromatic heterocycles. The van der Waals surface area contributed by atoms with Crippen LogP contribution in [0.3, 0.4) is 0 Å². The van der Waals surface area contributed by atoms with Crippen LogP contribution in [-0.4, -0.2) is 14.2 Å². The number of ether oxygens (including phenoxy) is 2. The average Bonchev–Trinajstić information content (AvgIpc) is 3.93. The molecule has 5 nitrogen and oxygen atoms in total. The number of fused-ring (bicyclic) bond motifs is 8. The third-order valence-electron chi connectivity index (χ3n) is 14.7. The Hall–Kier alpha value is -9.42. The zero-order valence-corrected chi connectivity index (χ0v) is 37.6. The molecule has 0 heterocycles. The summed E-state index contributed by atoms with van der Waals surface area (Å²) in [5, 5.41) is 41.6. The Bertz CT molecular complexity index is 4250. The van der Waals surface area contributed by atoms with Crippen molar-refractivity contribution in [2.45, 2.75) is 0 Å². The van der Waals surface area contributed by atoms with Gasteiger partial charge in [-0.05, 0) is 193 Å². The molecule has 0 atom stereocenters. The molecule has 14 rings (SSSR count). The molecule has 14 aromatic carbocycles. The van der Waals surface area contributed by atoms with E-state index in [0.717, 1.165) is 55.8 Å². The van der Waals surface area contributed by atoms with Crippen molar-refractivity contribution in [3.8, 4) is 45.9 Å². The zero-order valence-electron chi connectivity index (χ0n) is 37.6. The largest absolute Gasteiger partial charge is 0.497 e. The van der Waals surface area contributed by atoms with Crippen LogP contribution in [0.1, 0.15) is 11.1 Å². The van der Waals surface area contributed by atoms with E-state index in [0.29, 0.717) is 11.1 Å². The first kappa shape index (κ1) is 38.8. The summed E-state index contributed by atoms with van der Waals surface area (Å²) >= 11 is 0. The predicted octanol–water partition coefficient (Wildman–Crippen LogP) is 16.9. The second kappa shape index (κ2) is 14.5. The fourth-order valence-electron chi connectivity index (χ4n) is 11.9. The first-order valence-electron chi connectivity index (χ1n) is 23.1. The molecule has 0 spiro atoms. The van der Waals surface area contributed by atoms with Crippen LogP contribution in [0.25, 0.3) is 119 Å². The van der Waals surface area contributed by atoms with E-state index in [1.54, 1.807) is 14.2 Å². The van der Waals surface area contributed by atoms with Gasteiger partial charge < -0.3 is 14.4 Å². The van der Waals surface area contributed by atoms with Gasteiger partial charge in [-0.15, -0.1) is 0 Å². The molecule has 69 heavy (non-hydrogen) atoms. The van der Waals surface area contributed by atoms with Crippen LogP contribution in [0.15, 0.2) is 188 Å². The Morgan fingerprint density at radius 1 is 0.333 bits per heavy atom. The smallest absolute Gasteiger partial charge is 0.118 e. The van der Waals surface area contributed by atoms with Gasteiger partial charge >= 0.3 is 0 Å². The minimum absolute atomic E-state index is 0.587. The third-order valence-corrected chi connectivity index (χ3v) is 14.7. The van der Waals surface area contributed by atoms with Gasteiger partial charge in [0, 0.05) is 16.8 Å². The number of hydrogen-bond donors (Lipinski definition) is 0. The average molecular weight is 880 g/mol. The van der Waals surface area contributed by atoms with Crippen LogP contribution < -0.4 is 14.4 Å². The van der Waals surface area contributed by atoms with Gasteiger partial charge in [-0.25, -0.2) is 0 Å². The minimum atomic E-state index is 0.587. The lowest BCUT2D eigenvalue weighted by Crippen LogP contribution is -2.10. The Morgan fingerprint density at radius 2 is 0.710 bits per heavy atom. The Labute approximate surface area is 396 Å². The maximum Gasteiger partial charge on any atom is 0.118 e. The molecule has 0 aliphatic rings. The Kier molecular flexibility index (Phi) is 8.18. The summed E-state index contributed by atoms with van der Waals surface area (Å²) < 4.78 is 11.5. The topological polar surface area (TPSA) is 69.3 Å². The summed E-state index contributed by atoms with van der Waals surface area (Å²) in [6.45, 7) is 0. The van der Waals surface area contributed by atoms with Crippen LogP contribution in [0.5, 0.6) is 11.5 Å². The van der Waals surface area contributed by atoms with Gasteiger partial charge in [0.1, 0.15) is 11.5 Å². The monoisotopic (exact) mass is 879 g/mol. The summed E-state index contributed by atoms with van der Waals surface area (Å²) in [5.41, 5.74) is 8.57. The Morgan fingerprint density at radius 3 is 1.19 bits per heavy atom. The number of anilines is 3. The number of benzene rings is 12. The molecule has 0 unspecified atom stereocenters. The molecular weight excluding hydrogens is 843 g/mol. The summed E-state index contributed by atoms with van der Waals surface area (Å²) in [7, 11) is 3.44. The molecule has 0 aliphatic heterocycles. The van der Waals surface area contributed by atoms with E-state index in [1.165, 1.54) is 91.9 Å². The fourth-order valence-corrected chi connectivity index (χ4v) is 11.9. The molecule has 14 aromatic rings. The number of methoxy groups -OCH3 is 2. The summed E-state index contributed by atoms with van der Waals surface area (Å²) in [4.78, 5) is 2.23. The van der Waals surface area contributed by atoms with Crippen molar-refractivity contribution in [3.05, 3.63) is 199 Å². The van der Waals surface area contributed by atoms with Gasteiger partial charge in [0.2, 0.25) is 0 Å². The fraction of sp³-hybridized carbons (Fsp3) is 0.0312. The van der Waals surface area contributed by atoms with Crippen LogP contribution >= 0.6 is 0 Å². The van der Waals surface area contributed by atoms with E-state index in [2.05, 4.69) is 157 Å². The lowest BCUT2D eigenvalue weighted by Gasteiger charge is -2.27.